The highest BCUT2D eigenvalue weighted by molar-refractivity contribution is 6.04. The van der Waals surface area contributed by atoms with Gasteiger partial charge >= 0.3 is 0 Å². The van der Waals surface area contributed by atoms with Crippen molar-refractivity contribution < 1.29 is 9.53 Å². The first-order valence-corrected chi connectivity index (χ1v) is 9.15. The summed E-state index contributed by atoms with van der Waals surface area (Å²) in [6.07, 6.45) is -0.0228. The molecule has 1 amide bonds. The van der Waals surface area contributed by atoms with Gasteiger partial charge in [0.25, 0.3) is 5.91 Å². The molecule has 0 aliphatic heterocycles. The van der Waals surface area contributed by atoms with Gasteiger partial charge in [0.2, 0.25) is 0 Å². The number of nitrogens with one attached hydrogen (secondary N) is 2. The van der Waals surface area contributed by atoms with Crippen LogP contribution in [0.5, 0.6) is 5.75 Å². The lowest BCUT2D eigenvalue weighted by molar-refractivity contribution is 0.102. The van der Waals surface area contributed by atoms with Crippen LogP contribution in [0.3, 0.4) is 0 Å². The van der Waals surface area contributed by atoms with Crippen LogP contribution in [0.2, 0.25) is 0 Å². The Bertz CT molecular complexity index is 1070. The summed E-state index contributed by atoms with van der Waals surface area (Å²) >= 11 is 0. The van der Waals surface area contributed by atoms with E-state index in [-0.39, 0.29) is 17.7 Å². The Morgan fingerprint density at radius 2 is 1.76 bits per heavy atom. The van der Waals surface area contributed by atoms with Crippen LogP contribution in [0.1, 0.15) is 35.7 Å². The van der Waals surface area contributed by atoms with Crippen molar-refractivity contribution in [3.05, 3.63) is 71.7 Å². The van der Waals surface area contributed by atoms with Crippen LogP contribution in [0, 0.1) is 18.3 Å². The van der Waals surface area contributed by atoms with Crippen molar-refractivity contribution >= 4 is 23.1 Å². The summed E-state index contributed by atoms with van der Waals surface area (Å²) in [7, 11) is 0. The van der Waals surface area contributed by atoms with Crippen LogP contribution >= 0.6 is 0 Å². The molecule has 3 aromatic rings. The van der Waals surface area contributed by atoms with E-state index in [1.807, 2.05) is 32.0 Å². The number of amides is 1. The number of nitrogens with zero attached hydrogens (tertiary/aromatic N) is 3. The number of hydrogen-bond donors (Lipinski definition) is 2. The zero-order valence-electron chi connectivity index (χ0n) is 16.4. The summed E-state index contributed by atoms with van der Waals surface area (Å²) in [4.78, 5) is 21.3. The smallest absolute Gasteiger partial charge is 0.274 e. The van der Waals surface area contributed by atoms with Crippen LogP contribution in [0.4, 0.5) is 17.2 Å². The van der Waals surface area contributed by atoms with E-state index >= 15 is 0 Å². The average molecular weight is 387 g/mol. The summed E-state index contributed by atoms with van der Waals surface area (Å²) in [6.45, 7) is 5.54. The Hall–Kier alpha value is -3.92. The second-order valence-electron chi connectivity index (χ2n) is 6.58. The molecule has 0 bridgehead atoms. The second-order valence-corrected chi connectivity index (χ2v) is 6.58. The Morgan fingerprint density at radius 3 is 2.48 bits per heavy atom. The van der Waals surface area contributed by atoms with E-state index in [1.54, 1.807) is 43.3 Å². The SMILES string of the molecule is Cc1nc(Nc2ccccc2C#N)cc(C(=O)Nc2ccccc2OC(C)C)n1. The van der Waals surface area contributed by atoms with Crippen LogP contribution in [0.15, 0.2) is 54.6 Å². The van der Waals surface area contributed by atoms with Crippen molar-refractivity contribution in [1.29, 1.82) is 5.26 Å². The molecule has 0 spiro atoms. The first-order valence-electron chi connectivity index (χ1n) is 9.15. The van der Waals surface area contributed by atoms with Gasteiger partial charge < -0.3 is 15.4 Å². The summed E-state index contributed by atoms with van der Waals surface area (Å²) < 4.78 is 5.74. The fourth-order valence-electron chi connectivity index (χ4n) is 2.69. The van der Waals surface area contributed by atoms with Gasteiger partial charge in [0, 0.05) is 6.07 Å². The molecule has 1 heterocycles. The van der Waals surface area contributed by atoms with Crippen LogP contribution in [-0.2, 0) is 0 Å². The van der Waals surface area contributed by atoms with Gasteiger partial charge in [-0.3, -0.25) is 4.79 Å². The third-order valence-electron chi connectivity index (χ3n) is 3.88. The summed E-state index contributed by atoms with van der Waals surface area (Å²) in [5.74, 6) is 1.06. The van der Waals surface area contributed by atoms with Gasteiger partial charge in [0.05, 0.1) is 23.0 Å². The van der Waals surface area contributed by atoms with E-state index < -0.39 is 0 Å². The van der Waals surface area contributed by atoms with Gasteiger partial charge in [-0.2, -0.15) is 5.26 Å². The summed E-state index contributed by atoms with van der Waals surface area (Å²) in [5.41, 5.74) is 1.85. The molecule has 0 atom stereocenters. The number of ether oxygens (including phenoxy) is 1. The molecule has 7 nitrogen and oxygen atoms in total. The van der Waals surface area contributed by atoms with E-state index in [4.69, 9.17) is 4.74 Å². The Kier molecular flexibility index (Phi) is 6.05. The molecule has 0 aliphatic rings. The van der Waals surface area contributed by atoms with Crippen molar-refractivity contribution in [3.63, 3.8) is 0 Å². The standard InChI is InChI=1S/C22H21N5O2/c1-14(2)29-20-11-7-6-10-18(20)27-22(28)19-12-21(25-15(3)24-19)26-17-9-5-4-8-16(17)13-23/h4-12,14H,1-3H3,(H,27,28)(H,24,25,26). The van der Waals surface area contributed by atoms with E-state index in [0.717, 1.165) is 0 Å². The maximum Gasteiger partial charge on any atom is 0.274 e. The van der Waals surface area contributed by atoms with Crippen LogP contribution in [0.25, 0.3) is 0 Å². The normalized spacial score (nSPS) is 10.3. The molecular weight excluding hydrogens is 366 g/mol. The maximum atomic E-state index is 12.8. The van der Waals surface area contributed by atoms with Crippen molar-refractivity contribution in [2.45, 2.75) is 26.9 Å². The number of rotatable bonds is 6. The number of hydrogen-bond acceptors (Lipinski definition) is 6. The van der Waals surface area contributed by atoms with Gasteiger partial charge in [0.1, 0.15) is 29.2 Å². The lowest BCUT2D eigenvalue weighted by atomic mass is 10.2. The van der Waals surface area contributed by atoms with Gasteiger partial charge in [-0.15, -0.1) is 0 Å². The molecule has 1 aromatic heterocycles. The molecule has 0 fully saturated rings. The predicted octanol–water partition coefficient (Wildman–Crippen LogP) is 4.44. The Labute approximate surface area is 169 Å². The number of aromatic nitrogens is 2. The predicted molar refractivity (Wildman–Crippen MR) is 111 cm³/mol. The highest BCUT2D eigenvalue weighted by atomic mass is 16.5. The molecule has 29 heavy (non-hydrogen) atoms. The molecule has 3 rings (SSSR count). The zero-order chi connectivity index (χ0) is 20.8. The summed E-state index contributed by atoms with van der Waals surface area (Å²) in [5, 5.41) is 15.2. The molecule has 2 aromatic carbocycles. The lowest BCUT2D eigenvalue weighted by Gasteiger charge is -2.15. The number of anilines is 3. The van der Waals surface area contributed by atoms with Crippen molar-refractivity contribution in [2.24, 2.45) is 0 Å². The monoisotopic (exact) mass is 387 g/mol. The van der Waals surface area contributed by atoms with Gasteiger partial charge in [0.15, 0.2) is 0 Å². The first kappa shape index (κ1) is 19.8. The van der Waals surface area contributed by atoms with Crippen molar-refractivity contribution in [1.82, 2.24) is 9.97 Å². The molecule has 146 valence electrons. The van der Waals surface area contributed by atoms with Gasteiger partial charge in [-0.25, -0.2) is 9.97 Å². The lowest BCUT2D eigenvalue weighted by Crippen LogP contribution is -2.17. The molecule has 0 saturated carbocycles. The number of nitriles is 1. The highest BCUT2D eigenvalue weighted by Gasteiger charge is 2.14. The molecule has 7 heteroatoms. The van der Waals surface area contributed by atoms with E-state index in [9.17, 15) is 10.1 Å². The number of para-hydroxylation sites is 3. The highest BCUT2D eigenvalue weighted by Crippen LogP contribution is 2.26. The van der Waals surface area contributed by atoms with E-state index in [1.165, 1.54) is 0 Å². The fraction of sp³-hybridized carbons (Fsp3) is 0.182. The van der Waals surface area contributed by atoms with Gasteiger partial charge in [-0.05, 0) is 45.0 Å². The minimum Gasteiger partial charge on any atom is -0.489 e. The average Bonchev–Trinajstić information content (AvgIpc) is 2.69. The largest absolute Gasteiger partial charge is 0.489 e. The number of carbonyl (C=O) groups excluding carboxylic acids is 1. The minimum absolute atomic E-state index is 0.0228. The third kappa shape index (κ3) is 5.08. The van der Waals surface area contributed by atoms with Crippen LogP contribution in [-0.4, -0.2) is 22.0 Å². The molecule has 2 N–H and O–H groups in total. The first-order chi connectivity index (χ1) is 14.0. The minimum atomic E-state index is -0.382. The van der Waals surface area contributed by atoms with Crippen molar-refractivity contribution in [2.75, 3.05) is 10.6 Å². The number of aryl methyl sites for hydroxylation is 1. The number of carbonyl (C=O) groups is 1. The Balaban J connectivity index is 1.85. The molecule has 0 radical (unpaired) electrons. The zero-order valence-corrected chi connectivity index (χ0v) is 16.4. The topological polar surface area (TPSA) is 99.9 Å². The molecule has 0 saturated heterocycles. The third-order valence-corrected chi connectivity index (χ3v) is 3.88. The van der Waals surface area contributed by atoms with Crippen molar-refractivity contribution in [3.8, 4) is 11.8 Å². The Morgan fingerprint density at radius 1 is 1.07 bits per heavy atom. The van der Waals surface area contributed by atoms with Crippen LogP contribution < -0.4 is 15.4 Å². The van der Waals surface area contributed by atoms with Gasteiger partial charge in [-0.1, -0.05) is 24.3 Å². The number of benzene rings is 2. The second kappa shape index (κ2) is 8.85. The maximum absolute atomic E-state index is 12.8. The van der Waals surface area contributed by atoms with E-state index in [2.05, 4.69) is 26.7 Å². The molecule has 0 unspecified atom stereocenters. The molecular formula is C22H21N5O2. The molecule has 0 aliphatic carbocycles. The quantitative estimate of drug-likeness (QED) is 0.649. The van der Waals surface area contributed by atoms with E-state index in [0.29, 0.717) is 34.3 Å². The summed E-state index contributed by atoms with van der Waals surface area (Å²) in [6, 6.07) is 18.0. The fourth-order valence-corrected chi connectivity index (χ4v) is 2.69.